The Labute approximate surface area is 62.7 Å². The van der Waals surface area contributed by atoms with E-state index in [9.17, 15) is 0 Å². The van der Waals surface area contributed by atoms with Crippen LogP contribution >= 0.6 is 10.2 Å². The topological polar surface area (TPSA) is 65.1 Å². The quantitative estimate of drug-likeness (QED) is 0.163. The number of guanidine groups is 1. The smallest absolute Gasteiger partial charge is 0.214 e. The summed E-state index contributed by atoms with van der Waals surface area (Å²) in [5.41, 5.74) is 0. The van der Waals surface area contributed by atoms with Crippen molar-refractivity contribution in [2.75, 3.05) is 24.8 Å². The standard InChI is InChI=1S/C5H14N4S/c1-8-5(6)9(7)10(2)3-4-10/h3-4,7H2,1-2H3,(H2,6,8). The van der Waals surface area contributed by atoms with Gasteiger partial charge in [-0.1, -0.05) is 0 Å². The van der Waals surface area contributed by atoms with Crippen molar-refractivity contribution < 1.29 is 0 Å². The summed E-state index contributed by atoms with van der Waals surface area (Å²) in [6.07, 6.45) is 2.14. The summed E-state index contributed by atoms with van der Waals surface area (Å²) in [5.74, 6) is 8.33. The Hall–Kier alpha value is -0.420. The summed E-state index contributed by atoms with van der Waals surface area (Å²) in [6, 6.07) is 0. The molecule has 60 valence electrons. The Balaban J connectivity index is 2.48. The molecule has 1 aliphatic heterocycles. The molecule has 0 bridgehead atoms. The highest BCUT2D eigenvalue weighted by Gasteiger charge is 2.37. The second-order valence-corrected chi connectivity index (χ2v) is 6.21. The summed E-state index contributed by atoms with van der Waals surface area (Å²) in [7, 11) is 0.976. The van der Waals surface area contributed by atoms with Gasteiger partial charge in [0.25, 0.3) is 0 Å². The third-order valence-electron chi connectivity index (χ3n) is 1.73. The fourth-order valence-corrected chi connectivity index (χ4v) is 2.54. The Morgan fingerprint density at radius 3 is 2.50 bits per heavy atom. The average Bonchev–Trinajstić information content (AvgIpc) is 2.66. The first-order valence-corrected chi connectivity index (χ1v) is 5.49. The van der Waals surface area contributed by atoms with Crippen LogP contribution in [0.5, 0.6) is 0 Å². The lowest BCUT2D eigenvalue weighted by Crippen LogP contribution is -2.41. The van der Waals surface area contributed by atoms with Gasteiger partial charge in [0.15, 0.2) is 0 Å². The van der Waals surface area contributed by atoms with Crippen LogP contribution in [0.2, 0.25) is 0 Å². The average molecular weight is 162 g/mol. The van der Waals surface area contributed by atoms with Gasteiger partial charge in [-0.15, -0.1) is 10.2 Å². The molecule has 1 fully saturated rings. The minimum Gasteiger partial charge on any atom is -0.358 e. The molecule has 1 heterocycles. The van der Waals surface area contributed by atoms with Crippen molar-refractivity contribution in [2.45, 2.75) is 0 Å². The minimum atomic E-state index is -0.740. The molecule has 0 atom stereocenters. The van der Waals surface area contributed by atoms with Crippen LogP contribution < -0.4 is 11.2 Å². The molecule has 0 spiro atoms. The van der Waals surface area contributed by atoms with Crippen LogP contribution in [0.25, 0.3) is 0 Å². The SMILES string of the molecule is CNC(=N)N(N)S1(C)CC1. The third kappa shape index (κ3) is 1.19. The van der Waals surface area contributed by atoms with E-state index in [1.807, 2.05) is 0 Å². The number of nitrogens with one attached hydrogen (secondary N) is 2. The molecule has 0 saturated carbocycles. The summed E-state index contributed by atoms with van der Waals surface area (Å²) in [4.78, 5) is 0. The van der Waals surface area contributed by atoms with Crippen LogP contribution in [0.1, 0.15) is 0 Å². The van der Waals surface area contributed by atoms with Gasteiger partial charge in [-0.05, 0) is 6.26 Å². The minimum absolute atomic E-state index is 0.329. The molecule has 0 radical (unpaired) electrons. The second-order valence-electron chi connectivity index (χ2n) is 2.55. The van der Waals surface area contributed by atoms with Crippen molar-refractivity contribution in [1.82, 2.24) is 9.73 Å². The Morgan fingerprint density at radius 1 is 1.70 bits per heavy atom. The van der Waals surface area contributed by atoms with Gasteiger partial charge >= 0.3 is 0 Å². The van der Waals surface area contributed by atoms with Crippen LogP contribution in [0.15, 0.2) is 0 Å². The molecule has 1 saturated heterocycles. The molecule has 0 unspecified atom stereocenters. The molecule has 0 aromatic carbocycles. The van der Waals surface area contributed by atoms with Gasteiger partial charge < -0.3 is 5.32 Å². The molecule has 4 N–H and O–H groups in total. The van der Waals surface area contributed by atoms with E-state index in [1.165, 1.54) is 11.5 Å². The summed E-state index contributed by atoms with van der Waals surface area (Å²) in [6.45, 7) is 0. The van der Waals surface area contributed by atoms with E-state index >= 15 is 0 Å². The zero-order valence-corrected chi connectivity index (χ0v) is 7.16. The number of hydrogen-bond acceptors (Lipinski definition) is 2. The maximum absolute atomic E-state index is 7.35. The Morgan fingerprint density at radius 2 is 2.20 bits per heavy atom. The lowest BCUT2D eigenvalue weighted by molar-refractivity contribution is 0.684. The normalized spacial score (nSPS) is 23.1. The first-order valence-electron chi connectivity index (χ1n) is 3.15. The first-order chi connectivity index (χ1) is 4.60. The van der Waals surface area contributed by atoms with Crippen LogP contribution in [-0.4, -0.2) is 35.2 Å². The van der Waals surface area contributed by atoms with Crippen LogP contribution in [0.3, 0.4) is 0 Å². The van der Waals surface area contributed by atoms with Crippen LogP contribution in [-0.2, 0) is 0 Å². The van der Waals surface area contributed by atoms with E-state index in [0.717, 1.165) is 0 Å². The summed E-state index contributed by atoms with van der Waals surface area (Å²) >= 11 is 0. The molecule has 0 aliphatic carbocycles. The molecule has 1 aliphatic rings. The van der Waals surface area contributed by atoms with Crippen molar-refractivity contribution in [1.29, 1.82) is 5.41 Å². The van der Waals surface area contributed by atoms with Gasteiger partial charge in [-0.25, -0.2) is 10.3 Å². The van der Waals surface area contributed by atoms with E-state index in [2.05, 4.69) is 11.6 Å². The number of nitrogens with zero attached hydrogens (tertiary/aromatic N) is 1. The number of rotatable bonds is 1. The maximum Gasteiger partial charge on any atom is 0.214 e. The van der Waals surface area contributed by atoms with Crippen molar-refractivity contribution in [3.05, 3.63) is 0 Å². The fourth-order valence-electron chi connectivity index (χ4n) is 0.648. The van der Waals surface area contributed by atoms with E-state index in [0.29, 0.717) is 5.96 Å². The predicted molar refractivity (Wildman–Crippen MR) is 46.1 cm³/mol. The van der Waals surface area contributed by atoms with Crippen LogP contribution in [0.4, 0.5) is 0 Å². The zero-order valence-electron chi connectivity index (χ0n) is 6.35. The number of hydrogen-bond donors (Lipinski definition) is 3. The van der Waals surface area contributed by atoms with Crippen molar-refractivity contribution in [2.24, 2.45) is 5.84 Å². The number of nitrogens with two attached hydrogens (primary N) is 1. The monoisotopic (exact) mass is 162 g/mol. The van der Waals surface area contributed by atoms with Gasteiger partial charge in [-0.3, -0.25) is 5.41 Å². The molecule has 5 heteroatoms. The van der Waals surface area contributed by atoms with Gasteiger partial charge in [-0.2, -0.15) is 0 Å². The summed E-state index contributed by atoms with van der Waals surface area (Å²) < 4.78 is 1.58. The lowest BCUT2D eigenvalue weighted by atomic mass is 11.0. The van der Waals surface area contributed by atoms with E-state index < -0.39 is 10.2 Å². The van der Waals surface area contributed by atoms with Gasteiger partial charge in [0.1, 0.15) is 0 Å². The highest BCUT2D eigenvalue weighted by Crippen LogP contribution is 2.59. The second kappa shape index (κ2) is 2.32. The molecule has 4 nitrogen and oxygen atoms in total. The van der Waals surface area contributed by atoms with Gasteiger partial charge in [0.05, 0.1) is 0 Å². The molecule has 0 amide bonds. The number of hydrazine groups is 1. The Bertz CT molecular complexity index is 154. The van der Waals surface area contributed by atoms with Gasteiger partial charge in [0, 0.05) is 18.6 Å². The van der Waals surface area contributed by atoms with E-state index in [-0.39, 0.29) is 0 Å². The van der Waals surface area contributed by atoms with Crippen molar-refractivity contribution in [3.8, 4) is 0 Å². The molecule has 1 rings (SSSR count). The predicted octanol–water partition coefficient (Wildman–Crippen LogP) is -0.321. The largest absolute Gasteiger partial charge is 0.358 e. The highest BCUT2D eigenvalue weighted by molar-refractivity contribution is 8.37. The first kappa shape index (κ1) is 7.68. The zero-order chi connectivity index (χ0) is 7.78. The van der Waals surface area contributed by atoms with E-state index in [1.54, 1.807) is 11.5 Å². The lowest BCUT2D eigenvalue weighted by Gasteiger charge is -2.28. The highest BCUT2D eigenvalue weighted by atomic mass is 32.3. The maximum atomic E-state index is 7.35. The van der Waals surface area contributed by atoms with Crippen molar-refractivity contribution >= 4 is 16.2 Å². The van der Waals surface area contributed by atoms with Gasteiger partial charge in [0.2, 0.25) is 5.96 Å². The molecular formula is C5H14N4S. The molecule has 0 aromatic rings. The van der Waals surface area contributed by atoms with E-state index in [4.69, 9.17) is 11.3 Å². The van der Waals surface area contributed by atoms with Crippen LogP contribution in [0, 0.1) is 5.41 Å². The molecule has 10 heavy (non-hydrogen) atoms. The summed E-state index contributed by atoms with van der Waals surface area (Å²) in [5, 5.41) is 10.1. The molecular weight excluding hydrogens is 148 g/mol. The molecule has 0 aromatic heterocycles. The third-order valence-corrected chi connectivity index (χ3v) is 4.45. The fraction of sp³-hybridized carbons (Fsp3) is 0.800. The Kier molecular flexibility index (Phi) is 1.78. The van der Waals surface area contributed by atoms with Crippen molar-refractivity contribution in [3.63, 3.8) is 0 Å².